The fourth-order valence-corrected chi connectivity index (χ4v) is 10.3. The molecule has 13 amide bonds. The number of carbonyl (C=O) groups is 13. The molecular weight excluding hydrogens is 1590 g/mol. The number of hydrogen-bond donors (Lipinski definition) is 20. The number of rotatable bonds is 46. The van der Waals surface area contributed by atoms with Crippen LogP contribution in [0.4, 0.5) is 43.8 Å². The molecule has 116 heavy (non-hydrogen) atoms. The topological polar surface area (TPSA) is 686 Å². The van der Waals surface area contributed by atoms with E-state index in [1.54, 1.807) is 0 Å². The summed E-state index contributed by atoms with van der Waals surface area (Å²) in [5.74, 6) is -24.8. The van der Waals surface area contributed by atoms with Crippen LogP contribution in [-0.4, -0.2) is 321 Å². The van der Waals surface area contributed by atoms with Crippen molar-refractivity contribution in [2.75, 3.05) is 141 Å². The number of aromatic nitrogens is 6. The van der Waals surface area contributed by atoms with Gasteiger partial charge in [0.15, 0.2) is 18.3 Å². The number of nitrogens with two attached hydrogens (primary N) is 1. The molecule has 6 heterocycles. The van der Waals surface area contributed by atoms with E-state index in [0.29, 0.717) is 13.7 Å². The van der Waals surface area contributed by atoms with Crippen LogP contribution in [0.3, 0.4) is 0 Å². The summed E-state index contributed by atoms with van der Waals surface area (Å²) in [6, 6.07) is 2.78. The zero-order valence-electron chi connectivity index (χ0n) is 60.8. The van der Waals surface area contributed by atoms with Gasteiger partial charge in [0.05, 0.1) is 118 Å². The fraction of sp³-hybridized carbons (Fsp3) is 0.597. The summed E-state index contributed by atoms with van der Waals surface area (Å²) in [6.45, 7) is -12.4. The maximum Gasteiger partial charge on any atom is 0.351 e. The van der Waals surface area contributed by atoms with Crippen LogP contribution in [0.5, 0.6) is 0 Å². The van der Waals surface area contributed by atoms with Crippen LogP contribution in [0.25, 0.3) is 0 Å². The Balaban J connectivity index is 0.944. The van der Waals surface area contributed by atoms with E-state index in [-0.39, 0.29) is 19.4 Å². The van der Waals surface area contributed by atoms with Gasteiger partial charge in [0.25, 0.3) is 0 Å². The van der Waals surface area contributed by atoms with Gasteiger partial charge in [0.2, 0.25) is 95.5 Å². The normalized spacial score (nSPS) is 20.2. The summed E-state index contributed by atoms with van der Waals surface area (Å²) < 4.78 is 120. The predicted molar refractivity (Wildman–Crippen MR) is 370 cm³/mol. The number of carbonyl (C=O) groups excluding carboxylic acids is 13. The van der Waals surface area contributed by atoms with Crippen LogP contribution >= 0.6 is 0 Å². The Kier molecular flexibility index (Phi) is 35.6. The summed E-state index contributed by atoms with van der Waals surface area (Å²) in [4.78, 5) is 212. The molecular formula is C62H84F6N20O28. The monoisotopic (exact) mass is 1670 g/mol. The van der Waals surface area contributed by atoms with Crippen molar-refractivity contribution in [3.63, 3.8) is 0 Å². The first kappa shape index (κ1) is 93.7. The molecule has 3 aliphatic rings. The van der Waals surface area contributed by atoms with Crippen LogP contribution < -0.4 is 91.9 Å². The van der Waals surface area contributed by atoms with Crippen molar-refractivity contribution < 1.29 is 148 Å². The number of nitrogens with zero attached hydrogens (tertiary/aromatic N) is 6. The van der Waals surface area contributed by atoms with Crippen molar-refractivity contribution >= 4 is 94.2 Å². The van der Waals surface area contributed by atoms with E-state index in [1.807, 2.05) is 0 Å². The van der Waals surface area contributed by atoms with Gasteiger partial charge in [0.1, 0.15) is 41.3 Å². The van der Waals surface area contributed by atoms with Crippen LogP contribution in [0.15, 0.2) is 51.2 Å². The zero-order chi connectivity index (χ0) is 85.7. The van der Waals surface area contributed by atoms with Gasteiger partial charge in [0, 0.05) is 44.3 Å². The predicted octanol–water partition coefficient (Wildman–Crippen LogP) is -11.9. The molecule has 3 saturated heterocycles. The summed E-state index contributed by atoms with van der Waals surface area (Å²) >= 11 is 0. The summed E-state index contributed by atoms with van der Waals surface area (Å²) in [7, 11) is 0. The van der Waals surface area contributed by atoms with E-state index < -0.39 is 328 Å². The van der Waals surface area contributed by atoms with Gasteiger partial charge >= 0.3 is 34.8 Å². The maximum atomic E-state index is 14.6. The summed E-state index contributed by atoms with van der Waals surface area (Å²) in [6.07, 6.45) is -18.6. The van der Waals surface area contributed by atoms with E-state index in [9.17, 15) is 134 Å². The zero-order valence-corrected chi connectivity index (χ0v) is 60.8. The highest BCUT2D eigenvalue weighted by atomic mass is 19.3. The Morgan fingerprint density at radius 1 is 0.397 bits per heavy atom. The van der Waals surface area contributed by atoms with Crippen LogP contribution in [0, 0.1) is 0 Å². The smallest absolute Gasteiger partial charge is 0.351 e. The molecule has 21 N–H and O–H groups in total. The van der Waals surface area contributed by atoms with E-state index in [0.717, 1.165) is 36.8 Å². The van der Waals surface area contributed by atoms with Gasteiger partial charge in [-0.25, -0.2) is 14.4 Å². The van der Waals surface area contributed by atoms with Crippen molar-refractivity contribution in [1.82, 2.24) is 81.8 Å². The SMILES string of the molecule is NCCCC(=O)NC(COCCC(=O)NCC(=O)NCC(=O)NCC(=O)Nc1ccn([C@@H]2O[C@H](CO)[C@@H](O)C2(F)F)c(=O)n1)(COCCC(=O)NCC(=O)NCC(=O)NCC(=O)Nc1ccn([C@@H]2O[C@H](CO)[C@@H](O)C2(F)F)c(=O)n1)COCCC(=O)NCC(=O)NCC(=O)NCC(=O)Nc1ccn([C@@H]2O[C@H](CO)[C@@H](O)C2(F)F)c(=O)n1. The number of nitrogens with one attached hydrogen (secondary N) is 13. The first-order valence-corrected chi connectivity index (χ1v) is 34.7. The molecule has 6 rings (SSSR count). The largest absolute Gasteiger partial charge is 0.394 e. The van der Waals surface area contributed by atoms with Crippen molar-refractivity contribution in [1.29, 1.82) is 0 Å². The molecule has 0 radical (unpaired) electrons. The minimum Gasteiger partial charge on any atom is -0.394 e. The van der Waals surface area contributed by atoms with Crippen LogP contribution in [-0.2, 0) is 90.8 Å². The fourth-order valence-electron chi connectivity index (χ4n) is 10.3. The quantitative estimate of drug-likeness (QED) is 0.0184. The molecule has 0 aliphatic carbocycles. The lowest BCUT2D eigenvalue weighted by Crippen LogP contribution is -2.58. The third-order valence-electron chi connectivity index (χ3n) is 16.3. The van der Waals surface area contributed by atoms with E-state index in [4.69, 9.17) is 34.2 Å². The Hall–Kier alpha value is -11.2. The Morgan fingerprint density at radius 2 is 0.638 bits per heavy atom. The second-order valence-electron chi connectivity index (χ2n) is 25.3. The molecule has 0 unspecified atom stereocenters. The average Bonchev–Trinajstić information content (AvgIpc) is 1.62. The molecule has 0 bridgehead atoms. The van der Waals surface area contributed by atoms with Gasteiger partial charge in [-0.1, -0.05) is 0 Å². The lowest BCUT2D eigenvalue weighted by atomic mass is 10.0. The summed E-state index contributed by atoms with van der Waals surface area (Å²) in [5.41, 5.74) is -0.136. The molecule has 3 aliphatic heterocycles. The highest BCUT2D eigenvalue weighted by Gasteiger charge is 2.62. The Morgan fingerprint density at radius 3 is 0.862 bits per heavy atom. The Bertz CT molecular complexity index is 3790. The molecule has 0 spiro atoms. The number of ether oxygens (including phenoxy) is 6. The second kappa shape index (κ2) is 44.1. The molecule has 642 valence electrons. The first-order chi connectivity index (χ1) is 54.9. The van der Waals surface area contributed by atoms with Gasteiger partial charge < -0.3 is 134 Å². The van der Waals surface area contributed by atoms with Crippen molar-refractivity contribution in [3.8, 4) is 0 Å². The number of amides is 13. The molecule has 9 atom stereocenters. The lowest BCUT2D eigenvalue weighted by Gasteiger charge is -2.34. The second-order valence-corrected chi connectivity index (χ2v) is 25.3. The van der Waals surface area contributed by atoms with Crippen molar-refractivity contribution in [2.45, 2.75) is 111 Å². The van der Waals surface area contributed by atoms with Gasteiger partial charge in [-0.05, 0) is 31.2 Å². The molecule has 3 aromatic heterocycles. The highest BCUT2D eigenvalue weighted by Crippen LogP contribution is 2.44. The van der Waals surface area contributed by atoms with Crippen molar-refractivity contribution in [2.24, 2.45) is 5.73 Å². The number of anilines is 3. The lowest BCUT2D eigenvalue weighted by molar-refractivity contribution is -0.141. The molecule has 54 heteroatoms. The van der Waals surface area contributed by atoms with Gasteiger partial charge in [-0.3, -0.25) is 76.0 Å². The highest BCUT2D eigenvalue weighted by molar-refractivity contribution is 5.97. The number of aliphatic hydroxyl groups excluding tert-OH is 6. The first-order valence-electron chi connectivity index (χ1n) is 34.7. The van der Waals surface area contributed by atoms with Crippen molar-refractivity contribution in [3.05, 3.63) is 68.2 Å². The maximum absolute atomic E-state index is 14.6. The number of aliphatic hydroxyl groups is 6. The third-order valence-corrected chi connectivity index (χ3v) is 16.3. The minimum absolute atomic E-state index is 0.0510. The van der Waals surface area contributed by atoms with Crippen LogP contribution in [0.1, 0.15) is 50.8 Å². The van der Waals surface area contributed by atoms with Gasteiger partial charge in [-0.2, -0.15) is 41.3 Å². The van der Waals surface area contributed by atoms with E-state index in [1.165, 1.54) is 0 Å². The summed E-state index contributed by atoms with van der Waals surface area (Å²) in [5, 5.41) is 85.9. The minimum atomic E-state index is -4.01. The Labute approximate surface area is 647 Å². The van der Waals surface area contributed by atoms with Gasteiger partial charge in [-0.15, -0.1) is 0 Å². The number of alkyl halides is 6. The molecule has 0 aromatic carbocycles. The standard InChI is InChI=1S/C62H84F6N20O28/c63-60(64)50(105)31(25-89)114-53(60)86-10-3-34(82-56(86)108)79-47(102)22-76-44(99)19-73-41(96)16-70-37(92)6-13-111-28-59(85-40(95)2-1-9-69,29-112-14-7-38(93)71-17-42(97)74-20-45(100)77-23-48(103)80-35-4-11-87(57(109)83-35)54-61(65,66)51(106)32(26-90)115-54)30-113-15-8-39(94)72-18-43(98)75-21-46(101)78-24-49(104)81-36-5-12-88(58(110)84-36)55-62(67,68)52(107)33(27-91)116-55/h3-5,10-12,31-33,50-55,89-91,105-107H,1-2,6-9,13-30,69H2,(H,70,92)(H,71,93)(H,72,94)(H,73,96)(H,74,97)(H,75,98)(H,76,99)(H,77,100)(H,78,101)(H,85,95)(H,79,82,102,108)(H,80,83,103,109)(H,81,84,104,110)/t31-,32-,33-,50-,51-,52-,53-,54-,55-/m1/s1. The molecule has 3 fully saturated rings. The third kappa shape index (κ3) is 27.8. The molecule has 48 nitrogen and oxygen atoms in total. The number of halogens is 6. The van der Waals surface area contributed by atoms with Crippen LogP contribution in [0.2, 0.25) is 0 Å². The number of hydrogen-bond acceptors (Lipinski definition) is 32. The van der Waals surface area contributed by atoms with E-state index in [2.05, 4.69) is 84.1 Å². The molecule has 3 aromatic rings. The average molecular weight is 1670 g/mol. The van der Waals surface area contributed by atoms with E-state index >= 15 is 0 Å². The molecule has 0 saturated carbocycles.